The van der Waals surface area contributed by atoms with E-state index in [0.717, 1.165) is 24.0 Å². The summed E-state index contributed by atoms with van der Waals surface area (Å²) in [6.45, 7) is 3.72. The molecule has 0 radical (unpaired) electrons. The molecule has 2 aromatic rings. The largest absolute Gasteiger partial charge is 0.455 e. The first-order valence-corrected chi connectivity index (χ1v) is 12.5. The van der Waals surface area contributed by atoms with Crippen LogP contribution in [0.15, 0.2) is 66.7 Å². The van der Waals surface area contributed by atoms with E-state index >= 15 is 0 Å². The van der Waals surface area contributed by atoms with Crippen LogP contribution >= 0.6 is 0 Å². The number of fused-ring (bicyclic) bond motifs is 4. The van der Waals surface area contributed by atoms with Crippen molar-refractivity contribution >= 4 is 18.0 Å². The van der Waals surface area contributed by atoms with Crippen LogP contribution in [0, 0.1) is 17.8 Å². The highest BCUT2D eigenvalue weighted by Gasteiger charge is 2.71. The fraction of sp³-hybridized carbons (Fsp3) is 0.448. The van der Waals surface area contributed by atoms with E-state index in [-0.39, 0.29) is 17.9 Å². The zero-order valence-electron chi connectivity index (χ0n) is 20.2. The molecule has 1 aliphatic carbocycles. The molecule has 2 aliphatic heterocycles. The quantitative estimate of drug-likeness (QED) is 0.490. The highest BCUT2D eigenvalue weighted by molar-refractivity contribution is 5.87. The number of carbonyl (C=O) groups excluding carboxylic acids is 2. The third-order valence-electron chi connectivity index (χ3n) is 8.40. The normalized spacial score (nSPS) is 35.6. The molecular weight excluding hydrogens is 442 g/mol. The maximum atomic E-state index is 13.1. The molecule has 3 fully saturated rings. The Morgan fingerprint density at radius 1 is 1.11 bits per heavy atom. The van der Waals surface area contributed by atoms with E-state index in [0.29, 0.717) is 12.3 Å². The molecule has 35 heavy (non-hydrogen) atoms. The highest BCUT2D eigenvalue weighted by Crippen LogP contribution is 2.63. The van der Waals surface area contributed by atoms with Gasteiger partial charge in [-0.25, -0.2) is 4.79 Å². The third-order valence-corrected chi connectivity index (χ3v) is 8.40. The SMILES string of the molecule is C[C@@H]1CC[C@@H]2[C@@H]1[C@H](OC(=O)/C=C/c1ccccc1)[C@]1(c3ccccc3)C[C@@H](NC(=O)CO)[C@@]2(C)O1. The summed E-state index contributed by atoms with van der Waals surface area (Å²) in [5, 5.41) is 12.4. The van der Waals surface area contributed by atoms with Crippen LogP contribution in [0.2, 0.25) is 0 Å². The van der Waals surface area contributed by atoms with E-state index in [2.05, 4.69) is 19.2 Å². The molecule has 1 amide bonds. The number of hydrogen-bond acceptors (Lipinski definition) is 5. The van der Waals surface area contributed by atoms with Crippen molar-refractivity contribution < 1.29 is 24.2 Å². The minimum atomic E-state index is -0.889. The van der Waals surface area contributed by atoms with Crippen molar-refractivity contribution in [3.8, 4) is 0 Å². The zero-order valence-corrected chi connectivity index (χ0v) is 20.2. The second-order valence-corrected chi connectivity index (χ2v) is 10.4. The number of hydrogen-bond donors (Lipinski definition) is 2. The van der Waals surface area contributed by atoms with Gasteiger partial charge < -0.3 is 19.9 Å². The average molecular weight is 476 g/mol. The maximum Gasteiger partial charge on any atom is 0.331 e. The van der Waals surface area contributed by atoms with Crippen LogP contribution in [-0.4, -0.2) is 41.3 Å². The summed E-state index contributed by atoms with van der Waals surface area (Å²) in [7, 11) is 0. The Balaban J connectivity index is 1.54. The van der Waals surface area contributed by atoms with Crippen LogP contribution in [0.3, 0.4) is 0 Å². The van der Waals surface area contributed by atoms with Gasteiger partial charge >= 0.3 is 5.97 Å². The Kier molecular flexibility index (Phi) is 6.28. The molecule has 6 heteroatoms. The van der Waals surface area contributed by atoms with Crippen molar-refractivity contribution in [3.05, 3.63) is 77.9 Å². The minimum Gasteiger partial charge on any atom is -0.455 e. The van der Waals surface area contributed by atoms with Gasteiger partial charge in [-0.1, -0.05) is 67.6 Å². The number of carbonyl (C=O) groups is 2. The van der Waals surface area contributed by atoms with Gasteiger partial charge in [0.15, 0.2) is 0 Å². The summed E-state index contributed by atoms with van der Waals surface area (Å²) in [6.07, 6.45) is 5.17. The first-order valence-electron chi connectivity index (χ1n) is 12.5. The van der Waals surface area contributed by atoms with Crippen molar-refractivity contribution in [2.24, 2.45) is 17.8 Å². The fourth-order valence-corrected chi connectivity index (χ4v) is 6.79. The Morgan fingerprint density at radius 2 is 1.80 bits per heavy atom. The average Bonchev–Trinajstić information content (AvgIpc) is 3.39. The minimum absolute atomic E-state index is 0.0964. The fourth-order valence-electron chi connectivity index (χ4n) is 6.79. The molecule has 1 saturated carbocycles. The Morgan fingerprint density at radius 3 is 2.49 bits per heavy atom. The number of aliphatic hydroxyl groups is 1. The van der Waals surface area contributed by atoms with E-state index in [1.165, 1.54) is 6.08 Å². The van der Waals surface area contributed by atoms with E-state index < -0.39 is 35.8 Å². The number of nitrogens with one attached hydrogen (secondary N) is 1. The smallest absolute Gasteiger partial charge is 0.331 e. The zero-order chi connectivity index (χ0) is 24.6. The predicted octanol–water partition coefficient (Wildman–Crippen LogP) is 3.84. The number of esters is 1. The van der Waals surface area contributed by atoms with Crippen LogP contribution in [0.1, 0.15) is 44.2 Å². The van der Waals surface area contributed by atoms with E-state index in [1.54, 1.807) is 6.08 Å². The lowest BCUT2D eigenvalue weighted by Gasteiger charge is -2.51. The molecule has 184 valence electrons. The number of aliphatic hydroxyl groups excluding tert-OH is 1. The lowest BCUT2D eigenvalue weighted by molar-refractivity contribution is -0.251. The van der Waals surface area contributed by atoms with E-state index in [1.807, 2.05) is 60.7 Å². The maximum absolute atomic E-state index is 13.1. The number of amides is 1. The van der Waals surface area contributed by atoms with Gasteiger partial charge in [-0.05, 0) is 48.8 Å². The molecule has 0 unspecified atom stereocenters. The molecule has 0 spiro atoms. The van der Waals surface area contributed by atoms with Crippen LogP contribution < -0.4 is 5.32 Å². The van der Waals surface area contributed by atoms with Gasteiger partial charge in [-0.3, -0.25) is 4.79 Å². The van der Waals surface area contributed by atoms with E-state index in [4.69, 9.17) is 9.47 Å². The van der Waals surface area contributed by atoms with Crippen LogP contribution in [0.4, 0.5) is 0 Å². The summed E-state index contributed by atoms with van der Waals surface area (Å²) < 4.78 is 13.3. The number of rotatable bonds is 6. The summed E-state index contributed by atoms with van der Waals surface area (Å²) in [5.41, 5.74) is 0.349. The Hall–Kier alpha value is -2.96. The van der Waals surface area contributed by atoms with Gasteiger partial charge in [0, 0.05) is 18.4 Å². The van der Waals surface area contributed by atoms with Crippen LogP contribution in [0.5, 0.6) is 0 Å². The molecule has 2 bridgehead atoms. The molecule has 2 aromatic carbocycles. The summed E-state index contributed by atoms with van der Waals surface area (Å²) >= 11 is 0. The number of ether oxygens (including phenoxy) is 2. The van der Waals surface area contributed by atoms with Crippen LogP contribution in [0.25, 0.3) is 6.08 Å². The molecule has 6 nitrogen and oxygen atoms in total. The standard InChI is InChI=1S/C29H33NO5/c1-19-13-15-22-26(19)27(34-25(33)16-14-20-9-5-3-6-10-20)29(21-11-7-4-8-12-21)17-23(28(22,2)35-29)30-24(32)18-31/h3-12,14,16,19,22-23,26-27,31H,13,15,17-18H2,1-2H3,(H,30,32)/b16-14+/t19-,22-,23-,26-,27+,28+,29-/m1/s1. The van der Waals surface area contributed by atoms with Crippen molar-refractivity contribution in [2.75, 3.05) is 6.61 Å². The van der Waals surface area contributed by atoms with Crippen molar-refractivity contribution in [1.82, 2.24) is 5.32 Å². The lowest BCUT2D eigenvalue weighted by atomic mass is 9.70. The van der Waals surface area contributed by atoms with Gasteiger partial charge in [0.25, 0.3) is 0 Å². The van der Waals surface area contributed by atoms with Gasteiger partial charge in [0.05, 0.1) is 11.6 Å². The lowest BCUT2D eigenvalue weighted by Crippen LogP contribution is -2.60. The summed E-state index contributed by atoms with van der Waals surface area (Å²) in [5.74, 6) is -0.259. The molecule has 0 aromatic heterocycles. The summed E-state index contributed by atoms with van der Waals surface area (Å²) in [4.78, 5) is 25.4. The molecule has 3 aliphatic rings. The molecule has 2 heterocycles. The van der Waals surface area contributed by atoms with Crippen molar-refractivity contribution in [1.29, 1.82) is 0 Å². The monoisotopic (exact) mass is 475 g/mol. The molecule has 2 N–H and O–H groups in total. The first kappa shape index (κ1) is 23.8. The topological polar surface area (TPSA) is 84.9 Å². The van der Waals surface area contributed by atoms with Gasteiger partial charge in [0.2, 0.25) is 5.91 Å². The molecule has 7 atom stereocenters. The van der Waals surface area contributed by atoms with E-state index in [9.17, 15) is 14.7 Å². The van der Waals surface area contributed by atoms with Crippen molar-refractivity contribution in [3.63, 3.8) is 0 Å². The second-order valence-electron chi connectivity index (χ2n) is 10.4. The van der Waals surface area contributed by atoms with Crippen molar-refractivity contribution in [2.45, 2.75) is 56.5 Å². The second kappa shape index (κ2) is 9.25. The third kappa shape index (κ3) is 4.09. The van der Waals surface area contributed by atoms with Gasteiger partial charge in [0.1, 0.15) is 18.3 Å². The van der Waals surface area contributed by atoms with Crippen LogP contribution in [-0.2, 0) is 24.7 Å². The highest BCUT2D eigenvalue weighted by atomic mass is 16.6. The van der Waals surface area contributed by atoms with Gasteiger partial charge in [-0.15, -0.1) is 0 Å². The molecular formula is C29H33NO5. The molecule has 2 saturated heterocycles. The number of benzene rings is 2. The Labute approximate surface area is 206 Å². The van der Waals surface area contributed by atoms with Gasteiger partial charge in [-0.2, -0.15) is 0 Å². The molecule has 5 rings (SSSR count). The predicted molar refractivity (Wildman–Crippen MR) is 132 cm³/mol. The summed E-state index contributed by atoms with van der Waals surface area (Å²) in [6, 6.07) is 19.3. The first-order chi connectivity index (χ1) is 16.9. The Bertz CT molecular complexity index is 1100.